The number of ether oxygens (including phenoxy) is 1. The first kappa shape index (κ1) is 38.8. The van der Waals surface area contributed by atoms with Crippen LogP contribution in [0, 0.1) is 34.9 Å². The van der Waals surface area contributed by atoms with E-state index in [0.717, 1.165) is 68.6 Å². The Hall–Kier alpha value is -5.66. The van der Waals surface area contributed by atoms with Crippen molar-refractivity contribution in [3.63, 3.8) is 0 Å². The van der Waals surface area contributed by atoms with Crippen molar-refractivity contribution in [1.82, 2.24) is 30.6 Å². The van der Waals surface area contributed by atoms with E-state index < -0.39 is 35.5 Å². The molecule has 0 radical (unpaired) electrons. The molecule has 1 unspecified atom stereocenters. The van der Waals surface area contributed by atoms with Crippen LogP contribution in [0.3, 0.4) is 0 Å². The molecule has 6 aliphatic rings. The number of nitriles is 1. The Labute approximate surface area is 344 Å². The van der Waals surface area contributed by atoms with Crippen LogP contribution >= 0.6 is 11.6 Å². The number of rotatable bonds is 9. The fraction of sp³-hybridized carbons (Fsp3) is 0.476. The average molecular weight is 824 g/mol. The van der Waals surface area contributed by atoms with Gasteiger partial charge < -0.3 is 19.9 Å². The molecule has 2 N–H and O–H groups in total. The minimum absolute atomic E-state index is 0.00323. The first-order valence-electron chi connectivity index (χ1n) is 20.3. The Morgan fingerprint density at radius 2 is 1.69 bits per heavy atom. The normalized spacial score (nSPS) is 27.9. The van der Waals surface area contributed by atoms with Crippen molar-refractivity contribution >= 4 is 52.6 Å². The second-order valence-electron chi connectivity index (χ2n) is 16.6. The van der Waals surface area contributed by atoms with Crippen molar-refractivity contribution in [2.75, 3.05) is 49.1 Å². The number of piperidine rings is 2. The predicted molar refractivity (Wildman–Crippen MR) is 211 cm³/mol. The molecule has 0 bridgehead atoms. The van der Waals surface area contributed by atoms with Gasteiger partial charge in [0.05, 0.1) is 33.5 Å². The summed E-state index contributed by atoms with van der Waals surface area (Å²) >= 11 is 6.14. The van der Waals surface area contributed by atoms with Crippen LogP contribution in [0.2, 0.25) is 5.02 Å². The number of benzene rings is 2. The SMILES string of the molecule is C[C@@H]1CN(c2ccc(C(=O)N[C@H]3CC[C@H](Oc4ccc(C#N)c(Cl)c4)CC3)nn2)CCN1C[C@H]1[C@@H]2CN(c3cc4c(cc3F)C(=O)N(C3CCC(=O)NC3=O)C4=O)C[C@@H]21. The molecular weight excluding hydrogens is 781 g/mol. The lowest BCUT2D eigenvalue weighted by Gasteiger charge is -2.40. The maximum atomic E-state index is 15.5. The summed E-state index contributed by atoms with van der Waals surface area (Å²) in [5, 5.41) is 23.4. The van der Waals surface area contributed by atoms with Crippen LogP contribution in [0.15, 0.2) is 42.5 Å². The quantitative estimate of drug-likeness (QED) is 0.300. The van der Waals surface area contributed by atoms with Crippen LogP contribution < -0.4 is 25.2 Å². The van der Waals surface area contributed by atoms with Gasteiger partial charge in [-0.3, -0.25) is 39.1 Å². The highest BCUT2D eigenvalue weighted by Crippen LogP contribution is 2.53. The van der Waals surface area contributed by atoms with Gasteiger partial charge in [-0.05, 0) is 93.2 Å². The van der Waals surface area contributed by atoms with Gasteiger partial charge >= 0.3 is 0 Å². The number of carbonyl (C=O) groups excluding carboxylic acids is 5. The van der Waals surface area contributed by atoms with Gasteiger partial charge in [-0.1, -0.05) is 11.6 Å². The van der Waals surface area contributed by atoms with E-state index >= 15 is 4.39 Å². The first-order chi connectivity index (χ1) is 28.4. The van der Waals surface area contributed by atoms with Gasteiger partial charge in [-0.2, -0.15) is 5.26 Å². The van der Waals surface area contributed by atoms with Gasteiger partial charge in [-0.25, -0.2) is 4.39 Å². The molecule has 4 aliphatic heterocycles. The predicted octanol–water partition coefficient (Wildman–Crippen LogP) is 3.55. The van der Waals surface area contributed by atoms with Crippen molar-refractivity contribution in [2.45, 2.75) is 69.7 Å². The average Bonchev–Trinajstić information content (AvgIpc) is 3.53. The Morgan fingerprint density at radius 3 is 2.36 bits per heavy atom. The zero-order valence-corrected chi connectivity index (χ0v) is 33.2. The van der Waals surface area contributed by atoms with Crippen LogP contribution in [0.4, 0.5) is 15.9 Å². The minimum atomic E-state index is -1.10. The van der Waals surface area contributed by atoms with E-state index in [1.807, 2.05) is 17.0 Å². The highest BCUT2D eigenvalue weighted by molar-refractivity contribution is 6.31. The molecule has 0 spiro atoms. The van der Waals surface area contributed by atoms with Crippen molar-refractivity contribution in [1.29, 1.82) is 5.26 Å². The summed E-state index contributed by atoms with van der Waals surface area (Å²) in [5.74, 6) is -0.724. The molecule has 5 heterocycles. The molecule has 5 fully saturated rings. The maximum absolute atomic E-state index is 15.5. The van der Waals surface area contributed by atoms with Gasteiger partial charge in [0, 0.05) is 63.8 Å². The van der Waals surface area contributed by atoms with Crippen molar-refractivity contribution in [3.05, 3.63) is 75.7 Å². The summed E-state index contributed by atoms with van der Waals surface area (Å²) in [6.45, 7) is 6.80. The van der Waals surface area contributed by atoms with E-state index in [9.17, 15) is 24.0 Å². The molecule has 306 valence electrons. The minimum Gasteiger partial charge on any atom is -0.490 e. The smallest absolute Gasteiger partial charge is 0.272 e. The molecular formula is C42H43ClFN9O6. The molecule has 17 heteroatoms. The zero-order valence-electron chi connectivity index (χ0n) is 32.4. The van der Waals surface area contributed by atoms with Crippen LogP contribution in [-0.4, -0.2) is 113 Å². The molecule has 3 aromatic rings. The fourth-order valence-corrected chi connectivity index (χ4v) is 9.85. The third-order valence-electron chi connectivity index (χ3n) is 13.0. The molecule has 9 rings (SSSR count). The highest BCUT2D eigenvalue weighted by atomic mass is 35.5. The number of nitrogens with zero attached hydrogens (tertiary/aromatic N) is 7. The number of nitrogens with one attached hydrogen (secondary N) is 2. The van der Waals surface area contributed by atoms with Gasteiger partial charge in [0.2, 0.25) is 11.8 Å². The Bertz CT molecular complexity index is 2270. The zero-order chi connectivity index (χ0) is 41.1. The lowest BCUT2D eigenvalue weighted by atomic mass is 9.93. The molecule has 1 aromatic heterocycles. The third kappa shape index (κ3) is 7.46. The van der Waals surface area contributed by atoms with Crippen LogP contribution in [0.5, 0.6) is 5.75 Å². The molecule has 15 nitrogen and oxygen atoms in total. The topological polar surface area (TPSA) is 181 Å². The van der Waals surface area contributed by atoms with E-state index in [0.29, 0.717) is 47.2 Å². The summed E-state index contributed by atoms with van der Waals surface area (Å²) in [4.78, 5) is 71.1. The molecule has 2 aliphatic carbocycles. The largest absolute Gasteiger partial charge is 0.490 e. The number of hydrogen-bond donors (Lipinski definition) is 2. The number of fused-ring (bicyclic) bond motifs is 2. The molecule has 5 atom stereocenters. The lowest BCUT2D eigenvalue weighted by molar-refractivity contribution is -0.136. The molecule has 2 aromatic carbocycles. The van der Waals surface area contributed by atoms with Gasteiger partial charge in [0.25, 0.3) is 17.7 Å². The van der Waals surface area contributed by atoms with Gasteiger partial charge in [-0.15, -0.1) is 10.2 Å². The number of carbonyl (C=O) groups is 5. The Morgan fingerprint density at radius 1 is 0.949 bits per heavy atom. The molecule has 5 amide bonds. The summed E-state index contributed by atoms with van der Waals surface area (Å²) in [6.07, 6.45) is 3.14. The Balaban J connectivity index is 0.725. The molecule has 59 heavy (non-hydrogen) atoms. The van der Waals surface area contributed by atoms with Crippen molar-refractivity contribution in [3.8, 4) is 11.8 Å². The number of anilines is 2. The van der Waals surface area contributed by atoms with E-state index in [2.05, 4.69) is 37.6 Å². The summed E-state index contributed by atoms with van der Waals surface area (Å²) < 4.78 is 21.6. The second kappa shape index (κ2) is 15.5. The Kier molecular flexibility index (Phi) is 10.2. The number of amides is 5. The molecule has 3 saturated heterocycles. The summed E-state index contributed by atoms with van der Waals surface area (Å²) in [7, 11) is 0. The summed E-state index contributed by atoms with van der Waals surface area (Å²) in [5.41, 5.74) is 0.984. The van der Waals surface area contributed by atoms with Crippen molar-refractivity contribution in [2.24, 2.45) is 17.8 Å². The van der Waals surface area contributed by atoms with Gasteiger partial charge in [0.15, 0.2) is 11.5 Å². The first-order valence-corrected chi connectivity index (χ1v) is 20.6. The van der Waals surface area contributed by atoms with Crippen LogP contribution in [-0.2, 0) is 9.59 Å². The maximum Gasteiger partial charge on any atom is 0.272 e. The summed E-state index contributed by atoms with van der Waals surface area (Å²) in [6, 6.07) is 12.4. The second-order valence-corrected chi connectivity index (χ2v) is 17.0. The van der Waals surface area contributed by atoms with E-state index in [-0.39, 0.29) is 59.4 Å². The van der Waals surface area contributed by atoms with Gasteiger partial charge in [0.1, 0.15) is 23.7 Å². The highest BCUT2D eigenvalue weighted by Gasteiger charge is 2.57. The number of imide groups is 2. The third-order valence-corrected chi connectivity index (χ3v) is 13.3. The van der Waals surface area contributed by atoms with Crippen LogP contribution in [0.1, 0.15) is 82.2 Å². The number of piperazine rings is 1. The number of halogens is 2. The standard InChI is InChI=1S/C42H43ClFN9O6/c1-22-18-51(37-10-8-34(48-49-37)39(55)46-24-3-6-25(7-4-24)59-26-5-2-23(17-45)32(43)14-26)13-12-50(22)19-29-30-20-52(21-31(29)30)36-16-28-27(15-33(36)44)41(57)53(42(28)58)35-9-11-38(54)47-40(35)56/h2,5,8,10,14-16,22,24-25,29-31,35H,3-4,6-7,9,11-13,18-21H2,1H3,(H,46,55)(H,47,54,56)/t22-,24-,25-,29-,30-,31+,35?/m1/s1. The van der Waals surface area contributed by atoms with Crippen molar-refractivity contribution < 1.29 is 33.1 Å². The van der Waals surface area contributed by atoms with Crippen LogP contribution in [0.25, 0.3) is 0 Å². The fourth-order valence-electron chi connectivity index (χ4n) is 9.64. The van der Waals surface area contributed by atoms with E-state index in [1.54, 1.807) is 24.3 Å². The number of hydrogen-bond acceptors (Lipinski definition) is 12. The molecule has 2 saturated carbocycles. The lowest BCUT2D eigenvalue weighted by Crippen LogP contribution is -2.54. The van der Waals surface area contributed by atoms with E-state index in [1.165, 1.54) is 6.07 Å². The van der Waals surface area contributed by atoms with E-state index in [4.69, 9.17) is 21.6 Å². The monoisotopic (exact) mass is 823 g/mol. The number of aromatic nitrogens is 2.